The predicted molar refractivity (Wildman–Crippen MR) is 154 cm³/mol. The molecule has 3 atom stereocenters. The fraction of sp³-hybridized carbons (Fsp3) is 0.562. The second-order valence-electron chi connectivity index (χ2n) is 11.2. The van der Waals surface area contributed by atoms with Crippen LogP contribution in [0.4, 0.5) is 8.78 Å². The summed E-state index contributed by atoms with van der Waals surface area (Å²) in [6.45, 7) is 13.9. The number of aryl methyl sites for hydroxylation is 1. The molecule has 0 aliphatic carbocycles. The number of hydrogen-bond acceptors (Lipinski definition) is 4. The quantitative estimate of drug-likeness (QED) is 0.249. The molecule has 0 unspecified atom stereocenters. The Labute approximate surface area is 238 Å². The minimum absolute atomic E-state index is 0.0102. The highest BCUT2D eigenvalue weighted by Crippen LogP contribution is 2.18. The van der Waals surface area contributed by atoms with Gasteiger partial charge in [-0.1, -0.05) is 34.6 Å². The highest BCUT2D eigenvalue weighted by molar-refractivity contribution is 6.00. The summed E-state index contributed by atoms with van der Waals surface area (Å²) in [5.74, 6) is -1.96. The fourth-order valence-electron chi connectivity index (χ4n) is 4.65. The van der Waals surface area contributed by atoms with Crippen LogP contribution in [0.1, 0.15) is 85.7 Å². The highest BCUT2D eigenvalue weighted by atomic mass is 19.1. The summed E-state index contributed by atoms with van der Waals surface area (Å²) < 4.78 is 33.6. The van der Waals surface area contributed by atoms with Crippen LogP contribution >= 0.6 is 0 Å². The number of nitrogens with zero attached hydrogens (tertiary/aromatic N) is 1. The molecule has 2 N–H and O–H groups in total. The summed E-state index contributed by atoms with van der Waals surface area (Å²) in [5, 5.41) is 14.1. The maximum atomic E-state index is 13.9. The summed E-state index contributed by atoms with van der Waals surface area (Å²) in [6, 6.07) is 7.32. The number of amides is 2. The van der Waals surface area contributed by atoms with Crippen LogP contribution in [-0.2, 0) is 11.2 Å². The first-order valence-corrected chi connectivity index (χ1v) is 14.4. The predicted octanol–water partition coefficient (Wildman–Crippen LogP) is 5.94. The van der Waals surface area contributed by atoms with E-state index >= 15 is 0 Å². The van der Waals surface area contributed by atoms with Gasteiger partial charge in [-0.2, -0.15) is 0 Å². The van der Waals surface area contributed by atoms with Crippen molar-refractivity contribution in [3.05, 3.63) is 70.3 Å². The lowest BCUT2D eigenvalue weighted by atomic mass is 9.92. The van der Waals surface area contributed by atoms with E-state index in [2.05, 4.69) is 19.2 Å². The minimum Gasteiger partial charge on any atom is -0.391 e. The van der Waals surface area contributed by atoms with Crippen molar-refractivity contribution < 1.29 is 28.2 Å². The van der Waals surface area contributed by atoms with Crippen molar-refractivity contribution in [2.45, 2.75) is 79.4 Å². The lowest BCUT2D eigenvalue weighted by Crippen LogP contribution is -2.48. The molecule has 0 aliphatic heterocycles. The van der Waals surface area contributed by atoms with Crippen molar-refractivity contribution in [3.8, 4) is 0 Å². The average Bonchev–Trinajstić information content (AvgIpc) is 2.88. The Balaban J connectivity index is 2.30. The molecule has 2 amide bonds. The van der Waals surface area contributed by atoms with Crippen molar-refractivity contribution in [2.75, 3.05) is 26.3 Å². The number of carbonyl (C=O) groups excluding carboxylic acids is 2. The van der Waals surface area contributed by atoms with Gasteiger partial charge in [0.1, 0.15) is 11.6 Å². The molecule has 2 rings (SSSR count). The Hall–Kier alpha value is -2.84. The first-order valence-electron chi connectivity index (χ1n) is 14.4. The largest absolute Gasteiger partial charge is 0.391 e. The van der Waals surface area contributed by atoms with Crippen LogP contribution in [0.5, 0.6) is 0 Å². The molecule has 0 fully saturated rings. The topological polar surface area (TPSA) is 78.9 Å². The Bertz CT molecular complexity index is 1080. The molecule has 0 aliphatic rings. The number of aliphatic hydroxyl groups is 1. The Kier molecular flexibility index (Phi) is 13.7. The van der Waals surface area contributed by atoms with Crippen molar-refractivity contribution in [2.24, 2.45) is 11.8 Å². The second-order valence-corrected chi connectivity index (χ2v) is 11.2. The third kappa shape index (κ3) is 10.6. The second kappa shape index (κ2) is 16.4. The number of rotatable bonds is 16. The summed E-state index contributed by atoms with van der Waals surface area (Å²) in [5.41, 5.74) is 1.76. The van der Waals surface area contributed by atoms with Crippen LogP contribution in [0.3, 0.4) is 0 Å². The van der Waals surface area contributed by atoms with Crippen molar-refractivity contribution in [1.29, 1.82) is 0 Å². The minimum atomic E-state index is -1.05. The Morgan fingerprint density at radius 2 is 1.55 bits per heavy atom. The number of carbonyl (C=O) groups is 2. The van der Waals surface area contributed by atoms with E-state index in [0.717, 1.165) is 30.9 Å². The van der Waals surface area contributed by atoms with Crippen molar-refractivity contribution in [1.82, 2.24) is 10.2 Å². The van der Waals surface area contributed by atoms with E-state index in [9.17, 15) is 23.5 Å². The van der Waals surface area contributed by atoms with E-state index in [1.807, 2.05) is 27.7 Å². The summed E-state index contributed by atoms with van der Waals surface area (Å²) >= 11 is 0. The van der Waals surface area contributed by atoms with Crippen LogP contribution in [0.25, 0.3) is 0 Å². The molecule has 222 valence electrons. The van der Waals surface area contributed by atoms with Gasteiger partial charge >= 0.3 is 0 Å². The molecule has 40 heavy (non-hydrogen) atoms. The monoisotopic (exact) mass is 560 g/mol. The van der Waals surface area contributed by atoms with Gasteiger partial charge in [0, 0.05) is 42.8 Å². The zero-order valence-electron chi connectivity index (χ0n) is 24.8. The number of aliphatic hydroxyl groups excluding tert-OH is 1. The van der Waals surface area contributed by atoms with Gasteiger partial charge in [0.2, 0.25) is 0 Å². The molecule has 0 saturated heterocycles. The molecule has 6 nitrogen and oxygen atoms in total. The zero-order valence-corrected chi connectivity index (χ0v) is 24.8. The first-order chi connectivity index (χ1) is 18.9. The molecular formula is C32H46F2N2O4. The zero-order chi connectivity index (χ0) is 29.8. The van der Waals surface area contributed by atoms with Gasteiger partial charge in [0.25, 0.3) is 11.8 Å². The van der Waals surface area contributed by atoms with Crippen molar-refractivity contribution >= 4 is 11.8 Å². The van der Waals surface area contributed by atoms with E-state index < -0.39 is 29.7 Å². The Morgan fingerprint density at radius 1 is 0.950 bits per heavy atom. The lowest BCUT2D eigenvalue weighted by molar-refractivity contribution is 0.0138. The SMILES string of the molecule is CCCN(CCC)C(=O)c1cc(C)cc(C(=O)N[C@@H](Cc2cc(F)cc(F)c2)[C@@H](O)[C@@H](C)COCCC(C)C)c1. The van der Waals surface area contributed by atoms with Crippen LogP contribution in [0.2, 0.25) is 0 Å². The summed E-state index contributed by atoms with van der Waals surface area (Å²) in [7, 11) is 0. The van der Waals surface area contributed by atoms with Gasteiger partial charge in [-0.15, -0.1) is 0 Å². The smallest absolute Gasteiger partial charge is 0.253 e. The summed E-state index contributed by atoms with van der Waals surface area (Å²) in [4.78, 5) is 28.5. The molecule has 8 heteroatoms. The van der Waals surface area contributed by atoms with Crippen molar-refractivity contribution in [3.63, 3.8) is 0 Å². The summed E-state index contributed by atoms with van der Waals surface area (Å²) in [6.07, 6.45) is 1.49. The van der Waals surface area contributed by atoms with Gasteiger partial charge in [-0.25, -0.2) is 8.78 Å². The third-order valence-electron chi connectivity index (χ3n) is 6.77. The molecule has 0 saturated carbocycles. The van der Waals surface area contributed by atoms with E-state index in [1.54, 1.807) is 23.1 Å². The van der Waals surface area contributed by atoms with E-state index in [0.29, 0.717) is 36.7 Å². The highest BCUT2D eigenvalue weighted by Gasteiger charge is 2.28. The lowest BCUT2D eigenvalue weighted by Gasteiger charge is -2.29. The molecule has 0 radical (unpaired) electrons. The Morgan fingerprint density at radius 3 is 2.12 bits per heavy atom. The maximum absolute atomic E-state index is 13.9. The van der Waals surface area contributed by atoms with Crippen LogP contribution in [0, 0.1) is 30.4 Å². The van der Waals surface area contributed by atoms with E-state index in [1.165, 1.54) is 12.1 Å². The number of nitrogens with one attached hydrogen (secondary N) is 1. The van der Waals surface area contributed by atoms with Crippen LogP contribution in [-0.4, -0.2) is 60.3 Å². The number of halogens is 2. The van der Waals surface area contributed by atoms with Gasteiger partial charge in [0.15, 0.2) is 0 Å². The first kappa shape index (κ1) is 33.4. The van der Waals surface area contributed by atoms with Crippen LogP contribution < -0.4 is 5.32 Å². The third-order valence-corrected chi connectivity index (χ3v) is 6.77. The standard InChI is InChI=1S/C32H46F2N2O4/c1-7-10-36(11-8-2)32(39)26-14-22(5)13-25(18-26)31(38)35-29(17-24-15-27(33)19-28(34)16-24)30(37)23(6)20-40-12-9-21(3)4/h13-16,18-19,21,23,29-30,37H,7-12,17,20H2,1-6H3,(H,35,38)/t23-,29-,30-/m0/s1. The van der Waals surface area contributed by atoms with Gasteiger partial charge in [-0.3, -0.25) is 9.59 Å². The van der Waals surface area contributed by atoms with E-state index in [4.69, 9.17) is 4.74 Å². The van der Waals surface area contributed by atoms with E-state index in [-0.39, 0.29) is 30.4 Å². The normalized spacial score (nSPS) is 13.7. The molecule has 0 bridgehead atoms. The average molecular weight is 561 g/mol. The number of hydrogen-bond donors (Lipinski definition) is 2. The number of benzene rings is 2. The molecular weight excluding hydrogens is 514 g/mol. The number of ether oxygens (including phenoxy) is 1. The molecule has 2 aromatic rings. The molecule has 2 aromatic carbocycles. The fourth-order valence-corrected chi connectivity index (χ4v) is 4.65. The molecule has 0 heterocycles. The molecule has 0 spiro atoms. The van der Waals surface area contributed by atoms with Crippen LogP contribution in [0.15, 0.2) is 36.4 Å². The molecule has 0 aromatic heterocycles. The van der Waals surface area contributed by atoms with Gasteiger partial charge < -0.3 is 20.1 Å². The maximum Gasteiger partial charge on any atom is 0.253 e. The van der Waals surface area contributed by atoms with Gasteiger partial charge in [-0.05, 0) is 80.0 Å². The van der Waals surface area contributed by atoms with Gasteiger partial charge in [0.05, 0.1) is 18.8 Å².